The third kappa shape index (κ3) is 5.53. The number of methoxy groups -OCH3 is 1. The highest BCUT2D eigenvalue weighted by atomic mass is 16.6. The Balaban J connectivity index is 2.45. The summed E-state index contributed by atoms with van der Waals surface area (Å²) in [7, 11) is 1.67. The number of benzene rings is 1. The highest BCUT2D eigenvalue weighted by molar-refractivity contribution is 5.67. The summed E-state index contributed by atoms with van der Waals surface area (Å²) in [5.74, 6) is 0.889. The summed E-state index contributed by atoms with van der Waals surface area (Å²) in [5, 5.41) is 6.00. The minimum atomic E-state index is -0.474. The van der Waals surface area contributed by atoms with E-state index in [1.165, 1.54) is 0 Å². The Labute approximate surface area is 127 Å². The van der Waals surface area contributed by atoms with Crippen LogP contribution in [0.15, 0.2) is 12.1 Å². The first-order valence-corrected chi connectivity index (χ1v) is 7.09. The Morgan fingerprint density at radius 1 is 1.19 bits per heavy atom. The minimum absolute atomic E-state index is 0.400. The van der Waals surface area contributed by atoms with Crippen molar-refractivity contribution in [1.29, 1.82) is 0 Å². The zero-order valence-corrected chi connectivity index (χ0v) is 13.8. The lowest BCUT2D eigenvalue weighted by Crippen LogP contribution is -2.35. The minimum Gasteiger partial charge on any atom is -0.496 e. The number of amides is 1. The summed E-state index contributed by atoms with van der Waals surface area (Å²) >= 11 is 0. The van der Waals surface area contributed by atoms with Crippen molar-refractivity contribution >= 4 is 11.8 Å². The molecule has 0 bridgehead atoms. The fraction of sp³-hybridized carbons (Fsp3) is 0.562. The average molecular weight is 294 g/mol. The summed E-state index contributed by atoms with van der Waals surface area (Å²) in [5.41, 5.74) is 2.70. The molecule has 2 N–H and O–H groups in total. The molecule has 5 heteroatoms. The van der Waals surface area contributed by atoms with Crippen molar-refractivity contribution in [2.24, 2.45) is 0 Å². The second kappa shape index (κ2) is 7.20. The molecule has 1 amide bonds. The van der Waals surface area contributed by atoms with E-state index in [1.54, 1.807) is 7.11 Å². The number of carbonyl (C=O) groups excluding carboxylic acids is 1. The van der Waals surface area contributed by atoms with Crippen LogP contribution in [0.5, 0.6) is 5.75 Å². The molecule has 0 aliphatic heterocycles. The number of carbonyl (C=O) groups is 1. The number of ether oxygens (including phenoxy) is 2. The molecule has 5 nitrogen and oxygen atoms in total. The standard InChI is InChI=1S/C16H26N2O3/c1-11-7-8-13(12(2)14(11)20-6)17-9-10-18-15(19)21-16(3,4)5/h7-8,17H,9-10H2,1-6H3,(H,18,19). The topological polar surface area (TPSA) is 59.6 Å². The molecule has 118 valence electrons. The van der Waals surface area contributed by atoms with E-state index in [4.69, 9.17) is 9.47 Å². The fourth-order valence-electron chi connectivity index (χ4n) is 2.01. The van der Waals surface area contributed by atoms with Crippen molar-refractivity contribution in [3.63, 3.8) is 0 Å². The van der Waals surface area contributed by atoms with Crippen LogP contribution < -0.4 is 15.4 Å². The average Bonchev–Trinajstić information content (AvgIpc) is 2.35. The van der Waals surface area contributed by atoms with Crippen molar-refractivity contribution < 1.29 is 14.3 Å². The second-order valence-corrected chi connectivity index (χ2v) is 5.94. The van der Waals surface area contributed by atoms with Gasteiger partial charge in [0.2, 0.25) is 0 Å². The molecule has 0 saturated carbocycles. The first-order valence-electron chi connectivity index (χ1n) is 7.09. The van der Waals surface area contributed by atoms with Crippen LogP contribution in [0.2, 0.25) is 0 Å². The zero-order valence-electron chi connectivity index (χ0n) is 13.8. The number of hydrogen-bond donors (Lipinski definition) is 2. The van der Waals surface area contributed by atoms with Crippen molar-refractivity contribution in [3.05, 3.63) is 23.3 Å². The predicted molar refractivity (Wildman–Crippen MR) is 85.2 cm³/mol. The first-order chi connectivity index (χ1) is 9.74. The predicted octanol–water partition coefficient (Wildman–Crippen LogP) is 3.25. The van der Waals surface area contributed by atoms with Gasteiger partial charge in [0.25, 0.3) is 0 Å². The van der Waals surface area contributed by atoms with E-state index in [-0.39, 0.29) is 0 Å². The molecular formula is C16H26N2O3. The second-order valence-electron chi connectivity index (χ2n) is 5.94. The number of alkyl carbamates (subject to hydrolysis) is 1. The molecule has 0 atom stereocenters. The quantitative estimate of drug-likeness (QED) is 0.818. The molecule has 1 aromatic rings. The summed E-state index contributed by atoms with van der Waals surface area (Å²) < 4.78 is 10.6. The highest BCUT2D eigenvalue weighted by Crippen LogP contribution is 2.28. The van der Waals surface area contributed by atoms with E-state index in [0.717, 1.165) is 22.6 Å². The van der Waals surface area contributed by atoms with Gasteiger partial charge in [-0.2, -0.15) is 0 Å². The number of anilines is 1. The summed E-state index contributed by atoms with van der Waals surface area (Å²) in [6.07, 6.45) is -0.400. The molecule has 0 fully saturated rings. The van der Waals surface area contributed by atoms with Gasteiger partial charge in [-0.1, -0.05) is 6.07 Å². The molecule has 21 heavy (non-hydrogen) atoms. The van der Waals surface area contributed by atoms with Gasteiger partial charge in [0, 0.05) is 24.3 Å². The van der Waals surface area contributed by atoms with Gasteiger partial charge >= 0.3 is 6.09 Å². The van der Waals surface area contributed by atoms with Crippen LogP contribution in [0.1, 0.15) is 31.9 Å². The maximum Gasteiger partial charge on any atom is 0.407 e. The maximum absolute atomic E-state index is 11.5. The Morgan fingerprint density at radius 2 is 1.86 bits per heavy atom. The third-order valence-corrected chi connectivity index (χ3v) is 2.92. The van der Waals surface area contributed by atoms with Gasteiger partial charge in [-0.15, -0.1) is 0 Å². The van der Waals surface area contributed by atoms with Gasteiger partial charge < -0.3 is 20.1 Å². The SMILES string of the molecule is COc1c(C)ccc(NCCNC(=O)OC(C)(C)C)c1C. The Morgan fingerprint density at radius 3 is 2.43 bits per heavy atom. The van der Waals surface area contributed by atoms with E-state index in [0.29, 0.717) is 13.1 Å². The largest absolute Gasteiger partial charge is 0.496 e. The molecule has 0 spiro atoms. The summed E-state index contributed by atoms with van der Waals surface area (Å²) in [6, 6.07) is 4.02. The van der Waals surface area contributed by atoms with Gasteiger partial charge in [0.05, 0.1) is 7.11 Å². The molecule has 1 rings (SSSR count). The number of aryl methyl sites for hydroxylation is 1. The zero-order chi connectivity index (χ0) is 16.0. The monoisotopic (exact) mass is 294 g/mol. The van der Waals surface area contributed by atoms with Crippen LogP contribution in [0.4, 0.5) is 10.5 Å². The first kappa shape index (κ1) is 17.1. The van der Waals surface area contributed by atoms with Crippen LogP contribution in [0, 0.1) is 13.8 Å². The molecule has 0 radical (unpaired) electrons. The molecule has 0 aromatic heterocycles. The molecular weight excluding hydrogens is 268 g/mol. The number of rotatable bonds is 5. The maximum atomic E-state index is 11.5. The van der Waals surface area contributed by atoms with E-state index in [1.807, 2.05) is 46.8 Å². The van der Waals surface area contributed by atoms with Gasteiger partial charge in [0.15, 0.2) is 0 Å². The third-order valence-electron chi connectivity index (χ3n) is 2.92. The van der Waals surface area contributed by atoms with Gasteiger partial charge in [-0.05, 0) is 46.2 Å². The van der Waals surface area contributed by atoms with Crippen molar-refractivity contribution in [2.45, 2.75) is 40.2 Å². The van der Waals surface area contributed by atoms with Gasteiger partial charge in [-0.25, -0.2) is 4.79 Å². The smallest absolute Gasteiger partial charge is 0.407 e. The molecule has 1 aromatic carbocycles. The Bertz CT molecular complexity index is 493. The van der Waals surface area contributed by atoms with Crippen molar-refractivity contribution in [3.8, 4) is 5.75 Å². The molecule has 0 saturated heterocycles. The van der Waals surface area contributed by atoms with Crippen LogP contribution in [0.3, 0.4) is 0 Å². The van der Waals surface area contributed by atoms with Gasteiger partial charge in [0.1, 0.15) is 11.4 Å². The molecule has 0 aliphatic carbocycles. The van der Waals surface area contributed by atoms with Crippen LogP contribution in [-0.2, 0) is 4.74 Å². The lowest BCUT2D eigenvalue weighted by atomic mass is 10.1. The van der Waals surface area contributed by atoms with E-state index in [2.05, 4.69) is 10.6 Å². The number of nitrogens with one attached hydrogen (secondary N) is 2. The molecule has 0 heterocycles. The summed E-state index contributed by atoms with van der Waals surface area (Å²) in [4.78, 5) is 11.5. The summed E-state index contributed by atoms with van der Waals surface area (Å²) in [6.45, 7) is 10.7. The van der Waals surface area contributed by atoms with E-state index in [9.17, 15) is 4.79 Å². The van der Waals surface area contributed by atoms with Crippen molar-refractivity contribution in [2.75, 3.05) is 25.5 Å². The van der Waals surface area contributed by atoms with Crippen molar-refractivity contribution in [1.82, 2.24) is 5.32 Å². The highest BCUT2D eigenvalue weighted by Gasteiger charge is 2.15. The molecule has 0 aliphatic rings. The van der Waals surface area contributed by atoms with Crippen LogP contribution in [0.25, 0.3) is 0 Å². The van der Waals surface area contributed by atoms with E-state index < -0.39 is 11.7 Å². The number of hydrogen-bond acceptors (Lipinski definition) is 4. The molecule has 0 unspecified atom stereocenters. The van der Waals surface area contributed by atoms with Crippen LogP contribution in [-0.4, -0.2) is 31.9 Å². The van der Waals surface area contributed by atoms with E-state index >= 15 is 0 Å². The lowest BCUT2D eigenvalue weighted by Gasteiger charge is -2.20. The Hall–Kier alpha value is -1.91. The van der Waals surface area contributed by atoms with Crippen LogP contribution >= 0.6 is 0 Å². The lowest BCUT2D eigenvalue weighted by molar-refractivity contribution is 0.0530. The Kier molecular flexibility index (Phi) is 5.88. The normalized spacial score (nSPS) is 11.0. The fourth-order valence-corrected chi connectivity index (χ4v) is 2.01. The van der Waals surface area contributed by atoms with Gasteiger partial charge in [-0.3, -0.25) is 0 Å².